The molecule has 0 heterocycles. The molecule has 0 aliphatic heterocycles. The smallest absolute Gasteiger partial charge is 0.308 e. The van der Waals surface area contributed by atoms with Crippen molar-refractivity contribution in [3.05, 3.63) is 0 Å². The fourth-order valence-corrected chi connectivity index (χ4v) is 2.72. The van der Waals surface area contributed by atoms with Gasteiger partial charge in [-0.3, -0.25) is 9.59 Å². The minimum atomic E-state index is -2.03. The van der Waals surface area contributed by atoms with E-state index >= 15 is 0 Å². The summed E-state index contributed by atoms with van der Waals surface area (Å²) in [5.74, 6) is -0.392. The molecular formula is C12H23ClO4Si. The van der Waals surface area contributed by atoms with Crippen LogP contribution in [-0.4, -0.2) is 32.7 Å². The molecule has 0 aromatic rings. The number of rotatable bonds is 6. The second-order valence-electron chi connectivity index (χ2n) is 5.84. The van der Waals surface area contributed by atoms with Crippen molar-refractivity contribution in [3.8, 4) is 0 Å². The molecule has 0 aromatic carbocycles. The van der Waals surface area contributed by atoms with E-state index < -0.39 is 25.6 Å². The predicted octanol–water partition coefficient (Wildman–Crippen LogP) is 3.10. The summed E-state index contributed by atoms with van der Waals surface area (Å²) < 4.78 is 10.6. The Balaban J connectivity index is 4.78. The molecular weight excluding hydrogens is 272 g/mol. The molecule has 0 rings (SSSR count). The Labute approximate surface area is 115 Å². The predicted molar refractivity (Wildman–Crippen MR) is 74.2 cm³/mol. The van der Waals surface area contributed by atoms with Crippen molar-refractivity contribution in [3.63, 3.8) is 0 Å². The third-order valence-electron chi connectivity index (χ3n) is 3.28. The Morgan fingerprint density at radius 2 is 1.72 bits per heavy atom. The van der Waals surface area contributed by atoms with Crippen LogP contribution in [0.15, 0.2) is 0 Å². The van der Waals surface area contributed by atoms with Gasteiger partial charge in [0.1, 0.15) is 0 Å². The van der Waals surface area contributed by atoms with Crippen LogP contribution in [-0.2, 0) is 18.8 Å². The molecule has 0 radical (unpaired) electrons. The first-order chi connectivity index (χ1) is 7.99. The molecule has 0 unspecified atom stereocenters. The number of carbonyl (C=O) groups is 2. The van der Waals surface area contributed by atoms with E-state index in [1.165, 1.54) is 7.11 Å². The molecule has 0 aliphatic rings. The molecule has 0 aliphatic carbocycles. The Bertz CT molecular complexity index is 310. The largest absolute Gasteiger partial charge is 0.469 e. The maximum Gasteiger partial charge on any atom is 0.308 e. The lowest BCUT2D eigenvalue weighted by molar-refractivity contribution is -0.142. The maximum absolute atomic E-state index is 11.3. The Morgan fingerprint density at radius 3 is 2.06 bits per heavy atom. The van der Waals surface area contributed by atoms with Crippen LogP contribution in [0.1, 0.15) is 33.6 Å². The van der Waals surface area contributed by atoms with Crippen LogP contribution in [0, 0.1) is 0 Å². The maximum atomic E-state index is 11.3. The number of hydrogen-bond acceptors (Lipinski definition) is 4. The molecule has 106 valence electrons. The highest BCUT2D eigenvalue weighted by atomic mass is 35.5. The average Bonchev–Trinajstić information content (AvgIpc) is 2.13. The summed E-state index contributed by atoms with van der Waals surface area (Å²) in [6, 6.07) is 0. The standard InChI is InChI=1S/C12H23ClO4Si/c1-12(2,3)18(5,6)17-9(7-10(13)14)8-11(15)16-4/h9H,7-8H2,1-6H3/t9-/m1/s1. The van der Waals surface area contributed by atoms with Gasteiger partial charge in [-0.2, -0.15) is 0 Å². The Morgan fingerprint density at radius 1 is 1.22 bits per heavy atom. The van der Waals surface area contributed by atoms with Crippen molar-refractivity contribution in [2.24, 2.45) is 0 Å². The molecule has 0 N–H and O–H groups in total. The van der Waals surface area contributed by atoms with Crippen LogP contribution in [0.4, 0.5) is 0 Å². The lowest BCUT2D eigenvalue weighted by Gasteiger charge is -2.38. The fourth-order valence-electron chi connectivity index (χ4n) is 1.20. The third kappa shape index (κ3) is 5.98. The zero-order valence-corrected chi connectivity index (χ0v) is 13.8. The summed E-state index contributed by atoms with van der Waals surface area (Å²) in [5.41, 5.74) is 0. The van der Waals surface area contributed by atoms with Crippen molar-refractivity contribution < 1.29 is 18.8 Å². The summed E-state index contributed by atoms with van der Waals surface area (Å²) in [4.78, 5) is 22.3. The fraction of sp³-hybridized carbons (Fsp3) is 0.833. The van der Waals surface area contributed by atoms with Crippen molar-refractivity contribution in [1.29, 1.82) is 0 Å². The molecule has 0 saturated carbocycles. The van der Waals surface area contributed by atoms with E-state index in [0.717, 1.165) is 0 Å². The van der Waals surface area contributed by atoms with Crippen molar-refractivity contribution in [1.82, 2.24) is 0 Å². The lowest BCUT2D eigenvalue weighted by atomic mass is 10.2. The van der Waals surface area contributed by atoms with Gasteiger partial charge in [-0.1, -0.05) is 20.8 Å². The van der Waals surface area contributed by atoms with Gasteiger partial charge in [-0.05, 0) is 29.7 Å². The van der Waals surface area contributed by atoms with Crippen LogP contribution in [0.2, 0.25) is 18.1 Å². The summed E-state index contributed by atoms with van der Waals surface area (Å²) in [5, 5.41) is -0.487. The van der Waals surface area contributed by atoms with Gasteiger partial charge in [-0.25, -0.2) is 0 Å². The van der Waals surface area contributed by atoms with Gasteiger partial charge in [0.25, 0.3) is 0 Å². The zero-order chi connectivity index (χ0) is 14.6. The third-order valence-corrected chi connectivity index (χ3v) is 7.97. The van der Waals surface area contributed by atoms with Crippen molar-refractivity contribution >= 4 is 31.1 Å². The summed E-state index contributed by atoms with van der Waals surface area (Å²) in [7, 11) is -0.719. The molecule has 0 spiro atoms. The second-order valence-corrected chi connectivity index (χ2v) is 11.0. The quantitative estimate of drug-likeness (QED) is 0.429. The molecule has 4 nitrogen and oxygen atoms in total. The number of carbonyl (C=O) groups excluding carboxylic acids is 2. The monoisotopic (exact) mass is 294 g/mol. The van der Waals surface area contributed by atoms with Gasteiger partial charge in [0.2, 0.25) is 5.24 Å². The zero-order valence-electron chi connectivity index (χ0n) is 12.0. The van der Waals surface area contributed by atoms with Crippen LogP contribution >= 0.6 is 11.6 Å². The first kappa shape index (κ1) is 17.6. The summed E-state index contributed by atoms with van der Waals surface area (Å²) in [6.07, 6.45) is -0.409. The van der Waals surface area contributed by atoms with Crippen LogP contribution in [0.25, 0.3) is 0 Å². The highest BCUT2D eigenvalue weighted by molar-refractivity contribution is 6.74. The normalized spacial score (nSPS) is 14.2. The summed E-state index contributed by atoms with van der Waals surface area (Å²) >= 11 is 5.39. The molecule has 0 bridgehead atoms. The van der Waals surface area contributed by atoms with E-state index in [0.29, 0.717) is 0 Å². The Hall–Kier alpha value is -0.393. The van der Waals surface area contributed by atoms with E-state index in [-0.39, 0.29) is 17.9 Å². The highest BCUT2D eigenvalue weighted by Crippen LogP contribution is 2.38. The molecule has 18 heavy (non-hydrogen) atoms. The topological polar surface area (TPSA) is 52.6 Å². The van der Waals surface area contributed by atoms with Gasteiger partial charge in [0, 0.05) is 6.42 Å². The summed E-state index contributed by atoms with van der Waals surface area (Å²) in [6.45, 7) is 10.4. The van der Waals surface area contributed by atoms with Gasteiger partial charge in [0.15, 0.2) is 8.32 Å². The lowest BCUT2D eigenvalue weighted by Crippen LogP contribution is -2.44. The van der Waals surface area contributed by atoms with Gasteiger partial charge in [-0.15, -0.1) is 0 Å². The number of halogens is 1. The van der Waals surface area contributed by atoms with Crippen molar-refractivity contribution in [2.75, 3.05) is 7.11 Å². The van der Waals surface area contributed by atoms with Crippen LogP contribution in [0.5, 0.6) is 0 Å². The van der Waals surface area contributed by atoms with E-state index in [1.807, 2.05) is 0 Å². The highest BCUT2D eigenvalue weighted by Gasteiger charge is 2.39. The number of esters is 1. The number of methoxy groups -OCH3 is 1. The molecule has 0 saturated heterocycles. The minimum absolute atomic E-state index is 0.0106. The van der Waals surface area contributed by atoms with Gasteiger partial charge in [0.05, 0.1) is 19.6 Å². The van der Waals surface area contributed by atoms with E-state index in [1.54, 1.807) is 0 Å². The van der Waals surface area contributed by atoms with E-state index in [9.17, 15) is 9.59 Å². The molecule has 0 fully saturated rings. The first-order valence-electron chi connectivity index (χ1n) is 5.92. The van der Waals surface area contributed by atoms with Gasteiger partial charge >= 0.3 is 5.97 Å². The van der Waals surface area contributed by atoms with Gasteiger partial charge < -0.3 is 9.16 Å². The van der Waals surface area contributed by atoms with E-state index in [4.69, 9.17) is 16.0 Å². The van der Waals surface area contributed by atoms with Crippen molar-refractivity contribution in [2.45, 2.75) is 57.8 Å². The van der Waals surface area contributed by atoms with Crippen LogP contribution in [0.3, 0.4) is 0 Å². The number of hydrogen-bond donors (Lipinski definition) is 0. The minimum Gasteiger partial charge on any atom is -0.469 e. The first-order valence-corrected chi connectivity index (χ1v) is 9.21. The molecule has 0 aromatic heterocycles. The van der Waals surface area contributed by atoms with E-state index in [2.05, 4.69) is 38.6 Å². The van der Waals surface area contributed by atoms with Crippen LogP contribution < -0.4 is 0 Å². The number of ether oxygens (including phenoxy) is 1. The molecule has 6 heteroatoms. The molecule has 0 amide bonds. The SMILES string of the molecule is COC(=O)C[C@@H](CC(=O)Cl)O[Si](C)(C)C(C)(C)C. The molecule has 1 atom stereocenters. The second kappa shape index (κ2) is 6.68. The Kier molecular flexibility index (Phi) is 6.53. The average molecular weight is 295 g/mol.